The first-order valence-corrected chi connectivity index (χ1v) is 8.34. The highest BCUT2D eigenvalue weighted by molar-refractivity contribution is 7.87. The van der Waals surface area contributed by atoms with Crippen molar-refractivity contribution >= 4 is 10.2 Å². The van der Waals surface area contributed by atoms with Gasteiger partial charge in [0.2, 0.25) is 0 Å². The van der Waals surface area contributed by atoms with E-state index in [0.29, 0.717) is 25.9 Å². The van der Waals surface area contributed by atoms with Crippen LogP contribution in [0.25, 0.3) is 0 Å². The number of hydrogen-bond donors (Lipinski definition) is 2. The molecule has 5 nitrogen and oxygen atoms in total. The van der Waals surface area contributed by atoms with Crippen molar-refractivity contribution in [2.24, 2.45) is 0 Å². The highest BCUT2D eigenvalue weighted by Gasteiger charge is 2.30. The third-order valence-corrected chi connectivity index (χ3v) is 5.37. The molecule has 0 unspecified atom stereocenters. The predicted molar refractivity (Wildman–Crippen MR) is 72.5 cm³/mol. The number of aliphatic hydroxyl groups is 1. The first-order chi connectivity index (χ1) is 8.43. The average molecular weight is 278 g/mol. The summed E-state index contributed by atoms with van der Waals surface area (Å²) in [6.07, 6.45) is 5.59. The molecule has 6 heteroatoms. The highest BCUT2D eigenvalue weighted by atomic mass is 32.2. The normalized spacial score (nSPS) is 20.9. The van der Waals surface area contributed by atoms with Gasteiger partial charge in [0.1, 0.15) is 0 Å². The molecule has 108 valence electrons. The molecule has 1 rings (SSSR count). The topological polar surface area (TPSA) is 69.6 Å². The summed E-state index contributed by atoms with van der Waals surface area (Å²) in [4.78, 5) is 0. The van der Waals surface area contributed by atoms with Crippen LogP contribution in [0.1, 0.15) is 52.4 Å². The van der Waals surface area contributed by atoms with Crippen molar-refractivity contribution in [2.75, 3.05) is 19.6 Å². The second-order valence-electron chi connectivity index (χ2n) is 5.05. The van der Waals surface area contributed by atoms with Crippen LogP contribution in [0.4, 0.5) is 0 Å². The Morgan fingerprint density at radius 1 is 1.11 bits per heavy atom. The Morgan fingerprint density at radius 3 is 2.06 bits per heavy atom. The third kappa shape index (κ3) is 4.50. The smallest absolute Gasteiger partial charge is 0.279 e. The second-order valence-corrected chi connectivity index (χ2v) is 6.80. The summed E-state index contributed by atoms with van der Waals surface area (Å²) < 4.78 is 27.8. The van der Waals surface area contributed by atoms with E-state index in [1.807, 2.05) is 13.8 Å². The van der Waals surface area contributed by atoms with Gasteiger partial charge in [-0.05, 0) is 12.8 Å². The van der Waals surface area contributed by atoms with E-state index in [1.165, 1.54) is 4.31 Å². The summed E-state index contributed by atoms with van der Waals surface area (Å²) in [6.45, 7) is 4.65. The van der Waals surface area contributed by atoms with Crippen LogP contribution in [0.15, 0.2) is 0 Å². The van der Waals surface area contributed by atoms with Crippen LogP contribution in [0.2, 0.25) is 0 Å². The SMILES string of the molecule is CCN(CC)S(=O)(=O)NCC1(O)CCCCCC1. The maximum atomic E-state index is 12.0. The van der Waals surface area contributed by atoms with Crippen LogP contribution in [-0.2, 0) is 10.2 Å². The van der Waals surface area contributed by atoms with Crippen molar-refractivity contribution < 1.29 is 13.5 Å². The second kappa shape index (κ2) is 6.84. The van der Waals surface area contributed by atoms with Crippen LogP contribution >= 0.6 is 0 Å². The van der Waals surface area contributed by atoms with Gasteiger partial charge >= 0.3 is 0 Å². The molecule has 0 heterocycles. The van der Waals surface area contributed by atoms with Gasteiger partial charge in [0.25, 0.3) is 10.2 Å². The third-order valence-electron chi connectivity index (χ3n) is 3.66. The van der Waals surface area contributed by atoms with Crippen molar-refractivity contribution in [3.05, 3.63) is 0 Å². The Bertz CT molecular complexity index is 331. The molecular formula is C12H26N2O3S. The minimum atomic E-state index is -3.45. The molecule has 0 aromatic rings. The Labute approximate surface area is 111 Å². The molecule has 0 saturated heterocycles. The first kappa shape index (κ1) is 15.9. The minimum absolute atomic E-state index is 0.131. The summed E-state index contributed by atoms with van der Waals surface area (Å²) in [5.41, 5.74) is -0.864. The maximum Gasteiger partial charge on any atom is 0.279 e. The van der Waals surface area contributed by atoms with Gasteiger partial charge in [-0.3, -0.25) is 0 Å². The summed E-state index contributed by atoms with van der Waals surface area (Å²) in [5, 5.41) is 10.4. The van der Waals surface area contributed by atoms with Gasteiger partial charge in [-0.2, -0.15) is 17.4 Å². The molecular weight excluding hydrogens is 252 g/mol. The Hall–Kier alpha value is -0.170. The molecule has 18 heavy (non-hydrogen) atoms. The van der Waals surface area contributed by atoms with Crippen molar-refractivity contribution in [1.82, 2.24) is 9.03 Å². The van der Waals surface area contributed by atoms with E-state index >= 15 is 0 Å². The fraction of sp³-hybridized carbons (Fsp3) is 1.00. The lowest BCUT2D eigenvalue weighted by Crippen LogP contribution is -2.48. The fourth-order valence-corrected chi connectivity index (χ4v) is 3.76. The lowest BCUT2D eigenvalue weighted by atomic mass is 9.95. The van der Waals surface area contributed by atoms with Crippen molar-refractivity contribution in [3.63, 3.8) is 0 Å². The number of nitrogens with one attached hydrogen (secondary N) is 1. The lowest BCUT2D eigenvalue weighted by Gasteiger charge is -2.28. The van der Waals surface area contributed by atoms with Crippen LogP contribution < -0.4 is 4.72 Å². The predicted octanol–water partition coefficient (Wildman–Crippen LogP) is 1.25. The largest absolute Gasteiger partial charge is 0.389 e. The molecule has 1 saturated carbocycles. The van der Waals surface area contributed by atoms with Gasteiger partial charge in [0.15, 0.2) is 0 Å². The van der Waals surface area contributed by atoms with Gasteiger partial charge in [0, 0.05) is 19.6 Å². The molecule has 0 radical (unpaired) electrons. The molecule has 0 spiro atoms. The van der Waals surface area contributed by atoms with Crippen LogP contribution in [-0.4, -0.2) is 43.1 Å². The highest BCUT2D eigenvalue weighted by Crippen LogP contribution is 2.26. The molecule has 0 amide bonds. The van der Waals surface area contributed by atoms with Gasteiger partial charge in [-0.25, -0.2) is 0 Å². The molecule has 1 aliphatic rings. The Morgan fingerprint density at radius 2 is 1.61 bits per heavy atom. The molecule has 1 fully saturated rings. The average Bonchev–Trinajstić information content (AvgIpc) is 2.54. The summed E-state index contributed by atoms with van der Waals surface area (Å²) >= 11 is 0. The van der Waals surface area contributed by atoms with E-state index in [1.54, 1.807) is 0 Å². The molecule has 0 aliphatic heterocycles. The van der Waals surface area contributed by atoms with Gasteiger partial charge in [0.05, 0.1) is 5.60 Å². The molecule has 0 aromatic carbocycles. The Balaban J connectivity index is 2.57. The maximum absolute atomic E-state index is 12.0. The van der Waals surface area contributed by atoms with E-state index in [4.69, 9.17) is 0 Å². The van der Waals surface area contributed by atoms with E-state index in [-0.39, 0.29) is 6.54 Å². The lowest BCUT2D eigenvalue weighted by molar-refractivity contribution is 0.0299. The molecule has 0 bridgehead atoms. The van der Waals surface area contributed by atoms with Crippen molar-refractivity contribution in [3.8, 4) is 0 Å². The molecule has 0 atom stereocenters. The fourth-order valence-electron chi connectivity index (χ4n) is 2.44. The van der Waals surface area contributed by atoms with E-state index in [0.717, 1.165) is 25.7 Å². The minimum Gasteiger partial charge on any atom is -0.389 e. The van der Waals surface area contributed by atoms with Crippen LogP contribution in [0.3, 0.4) is 0 Å². The van der Waals surface area contributed by atoms with Crippen molar-refractivity contribution in [2.45, 2.75) is 58.0 Å². The number of hydrogen-bond acceptors (Lipinski definition) is 3. The Kier molecular flexibility index (Phi) is 6.04. The van der Waals surface area contributed by atoms with E-state index in [9.17, 15) is 13.5 Å². The summed E-state index contributed by atoms with van der Waals surface area (Å²) in [6, 6.07) is 0. The molecule has 1 aliphatic carbocycles. The number of rotatable bonds is 6. The molecule has 0 aromatic heterocycles. The zero-order valence-corrected chi connectivity index (χ0v) is 12.3. The zero-order chi connectivity index (χ0) is 13.6. The van der Waals surface area contributed by atoms with E-state index < -0.39 is 15.8 Å². The monoisotopic (exact) mass is 278 g/mol. The van der Waals surface area contributed by atoms with Crippen molar-refractivity contribution in [1.29, 1.82) is 0 Å². The first-order valence-electron chi connectivity index (χ1n) is 6.90. The summed E-state index contributed by atoms with van der Waals surface area (Å²) in [7, 11) is -3.45. The van der Waals surface area contributed by atoms with Gasteiger partial charge in [-0.1, -0.05) is 39.5 Å². The molecule has 2 N–H and O–H groups in total. The number of nitrogens with zero attached hydrogens (tertiary/aromatic N) is 1. The van der Waals surface area contributed by atoms with Gasteiger partial charge in [-0.15, -0.1) is 0 Å². The van der Waals surface area contributed by atoms with Gasteiger partial charge < -0.3 is 5.11 Å². The van der Waals surface area contributed by atoms with E-state index in [2.05, 4.69) is 4.72 Å². The standard InChI is InChI=1S/C12H26N2O3S/c1-3-14(4-2)18(16,17)13-11-12(15)9-7-5-6-8-10-12/h13,15H,3-11H2,1-2H3. The zero-order valence-electron chi connectivity index (χ0n) is 11.5. The quantitative estimate of drug-likeness (QED) is 0.718. The van der Waals surface area contributed by atoms with Crippen LogP contribution in [0, 0.1) is 0 Å². The summed E-state index contributed by atoms with van der Waals surface area (Å²) in [5.74, 6) is 0. The van der Waals surface area contributed by atoms with Crippen LogP contribution in [0.5, 0.6) is 0 Å².